The maximum absolute atomic E-state index is 16.7. The predicted octanol–water partition coefficient (Wildman–Crippen LogP) is 5.85. The van der Waals surface area contributed by atoms with Crippen LogP contribution in [0, 0.1) is 12.7 Å². The first-order valence-corrected chi connectivity index (χ1v) is 14.4. The molecule has 44 heavy (non-hydrogen) atoms. The number of rotatable bonds is 7. The molecule has 0 unspecified atom stereocenters. The average molecular weight is 630 g/mol. The van der Waals surface area contributed by atoms with Crippen molar-refractivity contribution >= 4 is 45.1 Å². The van der Waals surface area contributed by atoms with Crippen molar-refractivity contribution in [2.45, 2.75) is 46.2 Å². The van der Waals surface area contributed by atoms with E-state index in [4.69, 9.17) is 16.3 Å². The van der Waals surface area contributed by atoms with Gasteiger partial charge in [-0.15, -0.1) is 0 Å². The number of aromatic nitrogens is 4. The van der Waals surface area contributed by atoms with Crippen LogP contribution in [0.3, 0.4) is 0 Å². The number of nitrogens with one attached hydrogen (secondary N) is 1. The summed E-state index contributed by atoms with van der Waals surface area (Å²) in [6, 6.07) is 4.96. The summed E-state index contributed by atoms with van der Waals surface area (Å²) in [5, 5.41) is 8.43. The molecule has 0 spiro atoms. The number of amides is 1. The number of hydrogen-bond donors (Lipinski definition) is 1. The molecule has 6 rings (SSSR count). The van der Waals surface area contributed by atoms with Crippen LogP contribution in [0.1, 0.15) is 26.8 Å². The molecule has 9 nitrogen and oxygen atoms in total. The summed E-state index contributed by atoms with van der Waals surface area (Å²) >= 11 is 6.84. The highest BCUT2D eigenvalue weighted by Gasteiger charge is 2.43. The van der Waals surface area contributed by atoms with Crippen LogP contribution in [-0.2, 0) is 4.79 Å². The number of carbonyl (C=O) groups is 1. The molecule has 0 aliphatic carbocycles. The lowest BCUT2D eigenvalue weighted by atomic mass is 9.96. The van der Waals surface area contributed by atoms with Crippen molar-refractivity contribution < 1.29 is 22.7 Å². The maximum Gasteiger partial charge on any atom is 0.319 e. The van der Waals surface area contributed by atoms with Crippen molar-refractivity contribution in [3.63, 3.8) is 0 Å². The van der Waals surface area contributed by atoms with E-state index in [0.717, 1.165) is 10.9 Å². The molecule has 2 aliphatic heterocycles. The van der Waals surface area contributed by atoms with Gasteiger partial charge in [-0.1, -0.05) is 37.7 Å². The Bertz CT molecular complexity index is 1740. The molecule has 1 amide bonds. The molecule has 13 heteroatoms. The SMILES string of the molecule is C.C=CC(=O)N1C[C@H](C)N(c2nc(OCCN3CC(F)(F)C3)nc3c(F)c(-c4c(C)ccc5cn[nH]c45)c(Cl)cc23)C[C@H]1C. The highest BCUT2D eigenvalue weighted by Crippen LogP contribution is 2.42. The number of alkyl halides is 2. The summed E-state index contributed by atoms with van der Waals surface area (Å²) in [6.45, 7) is 9.76. The van der Waals surface area contributed by atoms with E-state index in [9.17, 15) is 13.6 Å². The van der Waals surface area contributed by atoms with Gasteiger partial charge in [0.25, 0.3) is 5.92 Å². The first kappa shape index (κ1) is 31.5. The van der Waals surface area contributed by atoms with Crippen LogP contribution in [0.15, 0.2) is 37.1 Å². The number of aromatic amines is 1. The van der Waals surface area contributed by atoms with Crippen LogP contribution in [0.2, 0.25) is 5.02 Å². The van der Waals surface area contributed by atoms with Crippen molar-refractivity contribution in [1.29, 1.82) is 0 Å². The zero-order valence-electron chi connectivity index (χ0n) is 24.0. The Kier molecular flexibility index (Phi) is 8.52. The van der Waals surface area contributed by atoms with Crippen molar-refractivity contribution in [3.8, 4) is 17.1 Å². The summed E-state index contributed by atoms with van der Waals surface area (Å²) in [5.41, 5.74) is 2.18. The summed E-state index contributed by atoms with van der Waals surface area (Å²) in [5.74, 6) is -3.11. The largest absolute Gasteiger partial charge is 0.462 e. The number of benzene rings is 2. The smallest absolute Gasteiger partial charge is 0.319 e. The Morgan fingerprint density at radius 2 is 1.95 bits per heavy atom. The van der Waals surface area contributed by atoms with E-state index in [2.05, 4.69) is 26.7 Å². The van der Waals surface area contributed by atoms with Crippen molar-refractivity contribution in [2.24, 2.45) is 0 Å². The molecule has 2 aromatic carbocycles. The van der Waals surface area contributed by atoms with Crippen molar-refractivity contribution in [2.75, 3.05) is 44.2 Å². The zero-order chi connectivity index (χ0) is 30.6. The van der Waals surface area contributed by atoms with Gasteiger partial charge in [-0.25, -0.2) is 13.2 Å². The minimum absolute atomic E-state index is 0. The number of ether oxygens (including phenoxy) is 1. The highest BCUT2D eigenvalue weighted by atomic mass is 35.5. The van der Waals surface area contributed by atoms with Crippen LogP contribution in [0.5, 0.6) is 6.01 Å². The van der Waals surface area contributed by atoms with Crippen molar-refractivity contribution in [1.82, 2.24) is 30.0 Å². The molecule has 0 saturated carbocycles. The lowest BCUT2D eigenvalue weighted by Gasteiger charge is -2.44. The van der Waals surface area contributed by atoms with E-state index in [1.54, 1.807) is 22.1 Å². The molecule has 234 valence electrons. The van der Waals surface area contributed by atoms with Gasteiger partial charge < -0.3 is 14.5 Å². The topological polar surface area (TPSA) is 90.5 Å². The molecule has 0 bridgehead atoms. The number of H-pyrrole nitrogens is 1. The van der Waals surface area contributed by atoms with Crippen LogP contribution < -0.4 is 9.64 Å². The fourth-order valence-electron chi connectivity index (χ4n) is 5.99. The third-order valence-electron chi connectivity index (χ3n) is 8.18. The van der Waals surface area contributed by atoms with Crippen LogP contribution >= 0.6 is 11.6 Å². The number of piperazine rings is 1. The number of carbonyl (C=O) groups excluding carboxylic acids is 1. The molecule has 2 atom stereocenters. The second-order valence-corrected chi connectivity index (χ2v) is 11.7. The van der Waals surface area contributed by atoms with Gasteiger partial charge in [0.2, 0.25) is 5.91 Å². The minimum Gasteiger partial charge on any atom is -0.462 e. The normalized spacial score (nSPS) is 20.0. The molecule has 2 saturated heterocycles. The second kappa shape index (κ2) is 11.9. The number of fused-ring (bicyclic) bond motifs is 2. The average Bonchev–Trinajstić information content (AvgIpc) is 3.43. The number of anilines is 1. The van der Waals surface area contributed by atoms with Crippen LogP contribution in [-0.4, -0.2) is 93.2 Å². The number of aryl methyl sites for hydroxylation is 1. The van der Waals surface area contributed by atoms with Gasteiger partial charge in [0.1, 0.15) is 17.9 Å². The lowest BCUT2D eigenvalue weighted by Crippen LogP contribution is -2.58. The standard InChI is InChI=1S/C30H31ClF3N7O2.CH4/c1-5-22(42)40-12-18(4)41(13-17(40)3)28-20-10-21(31)24(23-16(2)6-7-19-11-35-38-26(19)23)25(32)27(20)36-29(37-28)43-9-8-39-14-30(33,34)15-39;/h5-7,10-11,17-18H,1,8-9,12-15H2,2-4H3,(H,35,38);1H4/t17-,18+;/m1./s1. The third-order valence-corrected chi connectivity index (χ3v) is 8.48. The Hall–Kier alpha value is -3.90. The van der Waals surface area contributed by atoms with Gasteiger partial charge in [0, 0.05) is 53.6 Å². The summed E-state index contributed by atoms with van der Waals surface area (Å²) in [4.78, 5) is 26.9. The van der Waals surface area contributed by atoms with Gasteiger partial charge in [0.15, 0.2) is 5.82 Å². The zero-order valence-corrected chi connectivity index (χ0v) is 24.8. The minimum atomic E-state index is -2.69. The Morgan fingerprint density at radius 3 is 2.66 bits per heavy atom. The van der Waals surface area contributed by atoms with E-state index in [1.165, 1.54) is 6.08 Å². The van der Waals surface area contributed by atoms with Gasteiger partial charge in [-0.05, 0) is 38.5 Å². The fraction of sp³-hybridized carbons (Fsp3) is 0.419. The van der Waals surface area contributed by atoms with Gasteiger partial charge >= 0.3 is 6.01 Å². The number of hydrogen-bond acceptors (Lipinski definition) is 7. The molecular weight excluding hydrogens is 595 g/mol. The van der Waals surface area contributed by atoms with E-state index < -0.39 is 11.7 Å². The second-order valence-electron chi connectivity index (χ2n) is 11.3. The Morgan fingerprint density at radius 1 is 1.20 bits per heavy atom. The summed E-state index contributed by atoms with van der Waals surface area (Å²) < 4.78 is 49.1. The van der Waals surface area contributed by atoms with E-state index in [0.29, 0.717) is 35.4 Å². The lowest BCUT2D eigenvalue weighted by molar-refractivity contribution is -0.132. The first-order valence-electron chi connectivity index (χ1n) is 14.0. The molecular formula is C31H35ClF3N7O2. The first-order chi connectivity index (χ1) is 20.5. The molecule has 1 N–H and O–H groups in total. The van der Waals surface area contributed by atoms with Gasteiger partial charge in [-0.2, -0.15) is 15.1 Å². The number of likely N-dealkylation sites (tertiary alicyclic amines) is 1. The van der Waals surface area contributed by atoms with Crippen LogP contribution in [0.25, 0.3) is 32.9 Å². The molecule has 0 radical (unpaired) electrons. The fourth-order valence-corrected chi connectivity index (χ4v) is 6.28. The molecule has 2 fully saturated rings. The molecule has 2 aromatic heterocycles. The summed E-state index contributed by atoms with van der Waals surface area (Å²) in [7, 11) is 0. The summed E-state index contributed by atoms with van der Waals surface area (Å²) in [6.07, 6.45) is 2.95. The number of nitrogens with zero attached hydrogens (tertiary/aromatic N) is 6. The monoisotopic (exact) mass is 629 g/mol. The van der Waals surface area contributed by atoms with E-state index in [-0.39, 0.29) is 73.8 Å². The van der Waals surface area contributed by atoms with Crippen LogP contribution in [0.4, 0.5) is 19.0 Å². The Labute approximate surface area is 258 Å². The third kappa shape index (κ3) is 5.56. The molecule has 4 heterocycles. The van der Waals surface area contributed by atoms with Gasteiger partial charge in [-0.3, -0.25) is 14.8 Å². The van der Waals surface area contributed by atoms with Crippen molar-refractivity contribution in [3.05, 3.63) is 53.5 Å². The van der Waals surface area contributed by atoms with E-state index >= 15 is 4.39 Å². The number of halogens is 4. The predicted molar refractivity (Wildman–Crippen MR) is 166 cm³/mol. The highest BCUT2D eigenvalue weighted by molar-refractivity contribution is 6.35. The quantitative estimate of drug-likeness (QED) is 0.257. The van der Waals surface area contributed by atoms with Gasteiger partial charge in [0.05, 0.1) is 29.8 Å². The van der Waals surface area contributed by atoms with E-state index in [1.807, 2.05) is 37.8 Å². The molecule has 2 aliphatic rings. The Balaban J connectivity index is 0.00000384. The maximum atomic E-state index is 16.7. The molecule has 4 aromatic rings.